The standard InChI is InChI=1S/C24H21NO6/c1-29-22-13-17(14-25-20-10-8-19(9-11-20)24(28)30-2)5-12-21(22)31-15-16-3-6-18(7-4-16)23(26)27/h3-14H,15H2,1-2H3,(H,26,27). The fraction of sp³-hybridized carbons (Fsp3) is 0.125. The van der Waals surface area contributed by atoms with Crippen molar-refractivity contribution in [3.63, 3.8) is 0 Å². The second-order valence-corrected chi connectivity index (χ2v) is 6.50. The molecule has 0 unspecified atom stereocenters. The summed E-state index contributed by atoms with van der Waals surface area (Å²) in [6, 6.07) is 18.7. The van der Waals surface area contributed by atoms with Crippen LogP contribution in [0.15, 0.2) is 71.7 Å². The number of carboxylic acid groups (broad SMARTS) is 1. The normalized spacial score (nSPS) is 10.6. The molecule has 158 valence electrons. The number of ether oxygens (including phenoxy) is 3. The maximum atomic E-state index is 11.5. The lowest BCUT2D eigenvalue weighted by Crippen LogP contribution is -2.00. The van der Waals surface area contributed by atoms with Crippen LogP contribution < -0.4 is 9.47 Å². The van der Waals surface area contributed by atoms with Gasteiger partial charge in [0.05, 0.1) is 31.0 Å². The number of hydrogen-bond acceptors (Lipinski definition) is 6. The first-order chi connectivity index (χ1) is 15.0. The third kappa shape index (κ3) is 5.70. The molecule has 0 saturated heterocycles. The number of benzene rings is 3. The summed E-state index contributed by atoms with van der Waals surface area (Å²) < 4.78 is 15.9. The molecule has 0 radical (unpaired) electrons. The van der Waals surface area contributed by atoms with E-state index in [2.05, 4.69) is 9.73 Å². The van der Waals surface area contributed by atoms with E-state index in [1.165, 1.54) is 19.2 Å². The van der Waals surface area contributed by atoms with Crippen molar-refractivity contribution in [2.75, 3.05) is 14.2 Å². The van der Waals surface area contributed by atoms with Crippen LogP contribution in [0.25, 0.3) is 0 Å². The zero-order chi connectivity index (χ0) is 22.2. The average Bonchev–Trinajstić information content (AvgIpc) is 2.81. The second kappa shape index (κ2) is 10.1. The van der Waals surface area contributed by atoms with Gasteiger partial charge in [0.2, 0.25) is 0 Å². The first-order valence-corrected chi connectivity index (χ1v) is 9.35. The average molecular weight is 419 g/mol. The molecule has 0 aliphatic rings. The predicted molar refractivity (Wildman–Crippen MR) is 116 cm³/mol. The van der Waals surface area contributed by atoms with E-state index in [0.29, 0.717) is 22.7 Å². The zero-order valence-electron chi connectivity index (χ0n) is 17.1. The van der Waals surface area contributed by atoms with Gasteiger partial charge in [-0.05, 0) is 65.7 Å². The summed E-state index contributed by atoms with van der Waals surface area (Å²) in [5.74, 6) is -0.254. The quantitative estimate of drug-likeness (QED) is 0.426. The zero-order valence-corrected chi connectivity index (χ0v) is 17.1. The van der Waals surface area contributed by atoms with E-state index in [1.54, 1.807) is 61.9 Å². The van der Waals surface area contributed by atoms with Crippen LogP contribution in [0, 0.1) is 0 Å². The summed E-state index contributed by atoms with van der Waals surface area (Å²) in [5, 5.41) is 8.96. The highest BCUT2D eigenvalue weighted by Gasteiger charge is 2.07. The van der Waals surface area contributed by atoms with E-state index in [0.717, 1.165) is 11.1 Å². The van der Waals surface area contributed by atoms with Gasteiger partial charge >= 0.3 is 11.9 Å². The number of carbonyl (C=O) groups excluding carboxylic acids is 1. The number of esters is 1. The highest BCUT2D eigenvalue weighted by Crippen LogP contribution is 2.28. The molecule has 0 spiro atoms. The number of methoxy groups -OCH3 is 2. The van der Waals surface area contributed by atoms with Crippen LogP contribution in [-0.4, -0.2) is 37.5 Å². The van der Waals surface area contributed by atoms with Crippen LogP contribution in [0.3, 0.4) is 0 Å². The van der Waals surface area contributed by atoms with Gasteiger partial charge in [0, 0.05) is 6.21 Å². The van der Waals surface area contributed by atoms with E-state index in [9.17, 15) is 9.59 Å². The van der Waals surface area contributed by atoms with E-state index < -0.39 is 11.9 Å². The van der Waals surface area contributed by atoms with E-state index in [1.807, 2.05) is 6.07 Å². The van der Waals surface area contributed by atoms with Crippen LogP contribution in [-0.2, 0) is 11.3 Å². The largest absolute Gasteiger partial charge is 0.493 e. The first kappa shape index (κ1) is 21.6. The van der Waals surface area contributed by atoms with Crippen LogP contribution in [0.4, 0.5) is 5.69 Å². The van der Waals surface area contributed by atoms with Gasteiger partial charge in [-0.3, -0.25) is 4.99 Å². The van der Waals surface area contributed by atoms with Crippen molar-refractivity contribution in [2.45, 2.75) is 6.61 Å². The molecule has 3 rings (SSSR count). The van der Waals surface area contributed by atoms with Crippen molar-refractivity contribution in [1.29, 1.82) is 0 Å². The summed E-state index contributed by atoms with van der Waals surface area (Å²) in [6.07, 6.45) is 1.68. The van der Waals surface area contributed by atoms with Gasteiger partial charge in [0.15, 0.2) is 11.5 Å². The molecule has 0 bridgehead atoms. The molecule has 7 nitrogen and oxygen atoms in total. The van der Waals surface area contributed by atoms with Gasteiger partial charge in [-0.25, -0.2) is 9.59 Å². The Morgan fingerprint density at radius 1 is 0.903 bits per heavy atom. The molecule has 0 saturated carbocycles. The van der Waals surface area contributed by atoms with Crippen molar-refractivity contribution in [3.8, 4) is 11.5 Å². The number of aliphatic imine (C=N–C) groups is 1. The number of hydrogen-bond donors (Lipinski definition) is 1. The van der Waals surface area contributed by atoms with Gasteiger partial charge in [0.25, 0.3) is 0 Å². The minimum atomic E-state index is -0.967. The Morgan fingerprint density at radius 2 is 1.58 bits per heavy atom. The molecule has 0 aliphatic carbocycles. The van der Waals surface area contributed by atoms with Gasteiger partial charge in [-0.1, -0.05) is 12.1 Å². The minimum absolute atomic E-state index is 0.227. The minimum Gasteiger partial charge on any atom is -0.493 e. The Labute approximate surface area is 179 Å². The summed E-state index contributed by atoms with van der Waals surface area (Å²) in [7, 11) is 2.89. The van der Waals surface area contributed by atoms with Crippen LogP contribution in [0.2, 0.25) is 0 Å². The third-order valence-electron chi connectivity index (χ3n) is 4.43. The smallest absolute Gasteiger partial charge is 0.337 e. The van der Waals surface area contributed by atoms with Crippen LogP contribution in [0.5, 0.6) is 11.5 Å². The van der Waals surface area contributed by atoms with E-state index in [-0.39, 0.29) is 12.2 Å². The first-order valence-electron chi connectivity index (χ1n) is 9.35. The van der Waals surface area contributed by atoms with Crippen molar-refractivity contribution in [1.82, 2.24) is 0 Å². The van der Waals surface area contributed by atoms with Crippen molar-refractivity contribution in [3.05, 3.63) is 89.0 Å². The maximum absolute atomic E-state index is 11.5. The van der Waals surface area contributed by atoms with Crippen molar-refractivity contribution >= 4 is 23.8 Å². The molecule has 1 N–H and O–H groups in total. The number of carboxylic acids is 1. The van der Waals surface area contributed by atoms with Crippen LogP contribution in [0.1, 0.15) is 31.8 Å². The van der Waals surface area contributed by atoms with Gasteiger partial charge < -0.3 is 19.3 Å². The Kier molecular flexibility index (Phi) is 7.01. The highest BCUT2D eigenvalue weighted by molar-refractivity contribution is 5.90. The molecule has 0 heterocycles. The molecule has 0 aliphatic heterocycles. The second-order valence-electron chi connectivity index (χ2n) is 6.50. The Balaban J connectivity index is 1.67. The predicted octanol–water partition coefficient (Wildman–Crippen LogP) is 4.51. The lowest BCUT2D eigenvalue weighted by atomic mass is 10.1. The molecular formula is C24H21NO6. The SMILES string of the molecule is COC(=O)c1ccc(N=Cc2ccc(OCc3ccc(C(=O)O)cc3)c(OC)c2)cc1. The summed E-state index contributed by atoms with van der Waals surface area (Å²) in [6.45, 7) is 0.274. The number of carbonyl (C=O) groups is 2. The van der Waals surface area contributed by atoms with Gasteiger partial charge in [-0.15, -0.1) is 0 Å². The van der Waals surface area contributed by atoms with Crippen molar-refractivity contribution < 1.29 is 28.9 Å². The molecule has 0 aromatic heterocycles. The fourth-order valence-corrected chi connectivity index (χ4v) is 2.74. The molecule has 0 amide bonds. The number of rotatable bonds is 8. The number of aromatic carboxylic acids is 1. The molecule has 0 atom stereocenters. The fourth-order valence-electron chi connectivity index (χ4n) is 2.74. The maximum Gasteiger partial charge on any atom is 0.337 e. The van der Waals surface area contributed by atoms with Crippen molar-refractivity contribution in [2.24, 2.45) is 4.99 Å². The Morgan fingerprint density at radius 3 is 2.19 bits per heavy atom. The Bertz CT molecular complexity index is 1090. The highest BCUT2D eigenvalue weighted by atomic mass is 16.5. The molecule has 31 heavy (non-hydrogen) atoms. The summed E-state index contributed by atoms with van der Waals surface area (Å²) in [5.41, 5.74) is 3.03. The molecule has 0 fully saturated rings. The van der Waals surface area contributed by atoms with Gasteiger partial charge in [0.1, 0.15) is 6.61 Å². The Hall–Kier alpha value is -4.13. The molecule has 3 aromatic rings. The van der Waals surface area contributed by atoms with E-state index >= 15 is 0 Å². The van der Waals surface area contributed by atoms with Gasteiger partial charge in [-0.2, -0.15) is 0 Å². The summed E-state index contributed by atoms with van der Waals surface area (Å²) in [4.78, 5) is 26.8. The van der Waals surface area contributed by atoms with E-state index in [4.69, 9.17) is 14.6 Å². The molecule has 7 heteroatoms. The lowest BCUT2D eigenvalue weighted by Gasteiger charge is -2.11. The third-order valence-corrected chi connectivity index (χ3v) is 4.43. The van der Waals surface area contributed by atoms with Crippen LogP contribution >= 0.6 is 0 Å². The molecular weight excluding hydrogens is 398 g/mol. The number of nitrogens with zero attached hydrogens (tertiary/aromatic N) is 1. The molecule has 3 aromatic carbocycles. The topological polar surface area (TPSA) is 94.4 Å². The lowest BCUT2D eigenvalue weighted by molar-refractivity contribution is 0.0600. The monoisotopic (exact) mass is 419 g/mol. The summed E-state index contributed by atoms with van der Waals surface area (Å²) >= 11 is 0.